The Bertz CT molecular complexity index is 1490. The Kier molecular flexibility index (Phi) is 4.25. The number of carbonyl (C=O) groups excluding carboxylic acids is 2. The van der Waals surface area contributed by atoms with Crippen LogP contribution in [0, 0.1) is 0 Å². The number of anilines is 2. The zero-order valence-corrected chi connectivity index (χ0v) is 18.3. The van der Waals surface area contributed by atoms with Crippen molar-refractivity contribution in [3.63, 3.8) is 0 Å². The van der Waals surface area contributed by atoms with E-state index < -0.39 is 10.0 Å². The molecule has 4 heterocycles. The van der Waals surface area contributed by atoms with Crippen molar-refractivity contribution in [2.24, 2.45) is 0 Å². The average Bonchev–Trinajstić information content (AvgIpc) is 3.50. The number of para-hydroxylation sites is 1. The molecule has 2 aromatic carbocycles. The van der Waals surface area contributed by atoms with Gasteiger partial charge >= 0.3 is 5.97 Å². The minimum absolute atomic E-state index is 0.121. The summed E-state index contributed by atoms with van der Waals surface area (Å²) >= 11 is 0. The van der Waals surface area contributed by atoms with Crippen LogP contribution in [0.3, 0.4) is 0 Å². The van der Waals surface area contributed by atoms with E-state index in [2.05, 4.69) is 5.32 Å². The number of nitrogens with one attached hydrogen (secondary N) is 1. The first kappa shape index (κ1) is 19.8. The quantitative estimate of drug-likeness (QED) is 0.478. The van der Waals surface area contributed by atoms with Crippen molar-refractivity contribution in [1.29, 1.82) is 0 Å². The number of amides is 1. The maximum absolute atomic E-state index is 13.5. The van der Waals surface area contributed by atoms with Gasteiger partial charge in [-0.2, -0.15) is 0 Å². The average molecular weight is 461 g/mol. The van der Waals surface area contributed by atoms with Gasteiger partial charge in [-0.25, -0.2) is 13.2 Å². The number of benzene rings is 2. The van der Waals surface area contributed by atoms with E-state index in [9.17, 15) is 18.0 Å². The monoisotopic (exact) mass is 461 g/mol. The molecule has 0 atom stereocenters. The highest BCUT2D eigenvalue weighted by Crippen LogP contribution is 2.37. The molecule has 0 fully saturated rings. The fourth-order valence-corrected chi connectivity index (χ4v) is 6.13. The third-order valence-corrected chi connectivity index (χ3v) is 8.05. The standard InChI is InChI=1S/C24H19N3O5S/c28-23-20(14-26-12-16-8-10-32-24(29)19(16)13-26)18-11-17(5-6-21(18)25-23)33(30,31)27-9-7-15-3-1-2-4-22(15)27/h1-6,11-14H,7-10H2,(H,25,28)/b20-14-. The highest BCUT2D eigenvalue weighted by molar-refractivity contribution is 7.92. The summed E-state index contributed by atoms with van der Waals surface area (Å²) in [5, 5.41) is 2.78. The third-order valence-electron chi connectivity index (χ3n) is 6.24. The molecule has 0 unspecified atom stereocenters. The molecule has 3 aliphatic rings. The van der Waals surface area contributed by atoms with E-state index in [-0.39, 0.29) is 16.8 Å². The summed E-state index contributed by atoms with van der Waals surface area (Å²) in [6.07, 6.45) is 6.28. The predicted octanol–water partition coefficient (Wildman–Crippen LogP) is 2.90. The smallest absolute Gasteiger partial charge is 0.339 e. The van der Waals surface area contributed by atoms with Crippen molar-refractivity contribution < 1.29 is 22.7 Å². The van der Waals surface area contributed by atoms with Crippen LogP contribution in [0.15, 0.2) is 59.8 Å². The van der Waals surface area contributed by atoms with Crippen molar-refractivity contribution in [3.05, 3.63) is 77.1 Å². The van der Waals surface area contributed by atoms with E-state index >= 15 is 0 Å². The molecule has 8 nitrogen and oxygen atoms in total. The van der Waals surface area contributed by atoms with Crippen LogP contribution >= 0.6 is 0 Å². The number of hydrogen-bond donors (Lipinski definition) is 1. The van der Waals surface area contributed by atoms with Crippen LogP contribution in [0.5, 0.6) is 0 Å². The summed E-state index contributed by atoms with van der Waals surface area (Å²) < 4.78 is 35.1. The van der Waals surface area contributed by atoms with Gasteiger partial charge in [0.25, 0.3) is 15.9 Å². The topological polar surface area (TPSA) is 97.7 Å². The number of sulfonamides is 1. The highest BCUT2D eigenvalue weighted by Gasteiger charge is 2.33. The minimum atomic E-state index is -3.80. The maximum atomic E-state index is 13.5. The minimum Gasteiger partial charge on any atom is -0.462 e. The van der Waals surface area contributed by atoms with Crippen molar-refractivity contribution >= 4 is 45.0 Å². The van der Waals surface area contributed by atoms with E-state index in [1.165, 1.54) is 16.4 Å². The predicted molar refractivity (Wildman–Crippen MR) is 122 cm³/mol. The summed E-state index contributed by atoms with van der Waals surface area (Å²) in [6.45, 7) is 0.709. The summed E-state index contributed by atoms with van der Waals surface area (Å²) in [6, 6.07) is 12.1. The van der Waals surface area contributed by atoms with Crippen molar-refractivity contribution in [1.82, 2.24) is 4.57 Å². The highest BCUT2D eigenvalue weighted by atomic mass is 32.2. The Morgan fingerprint density at radius 3 is 2.67 bits per heavy atom. The van der Waals surface area contributed by atoms with Crippen molar-refractivity contribution in [3.8, 4) is 0 Å². The molecule has 6 rings (SSSR count). The van der Waals surface area contributed by atoms with Crippen molar-refractivity contribution in [2.75, 3.05) is 22.8 Å². The van der Waals surface area contributed by atoms with Crippen molar-refractivity contribution in [2.45, 2.75) is 17.7 Å². The summed E-state index contributed by atoms with van der Waals surface area (Å²) in [7, 11) is -3.80. The molecule has 0 saturated heterocycles. The molecule has 0 aliphatic carbocycles. The normalized spacial score (nSPS) is 18.1. The number of ether oxygens (including phenoxy) is 1. The molecule has 0 saturated carbocycles. The summed E-state index contributed by atoms with van der Waals surface area (Å²) in [5.41, 5.74) is 4.38. The number of cyclic esters (lactones) is 1. The van der Waals surface area contributed by atoms with Crippen LogP contribution in [0.4, 0.5) is 11.4 Å². The molecule has 0 radical (unpaired) electrons. The molecule has 1 aromatic heterocycles. The lowest BCUT2D eigenvalue weighted by molar-refractivity contribution is -0.110. The number of rotatable bonds is 3. The first-order valence-electron chi connectivity index (χ1n) is 10.6. The lowest BCUT2D eigenvalue weighted by Gasteiger charge is -2.20. The Morgan fingerprint density at radius 1 is 0.970 bits per heavy atom. The van der Waals surface area contributed by atoms with Gasteiger partial charge in [0.05, 0.1) is 28.3 Å². The molecule has 166 valence electrons. The Labute approximate surface area is 190 Å². The summed E-state index contributed by atoms with van der Waals surface area (Å²) in [4.78, 5) is 24.8. The third kappa shape index (κ3) is 3.07. The Hall–Kier alpha value is -3.85. The number of hydrogen-bond acceptors (Lipinski definition) is 5. The first-order valence-corrected chi connectivity index (χ1v) is 12.0. The van der Waals surface area contributed by atoms with E-state index in [1.807, 2.05) is 24.3 Å². The molecular weight excluding hydrogens is 442 g/mol. The second-order valence-electron chi connectivity index (χ2n) is 8.19. The largest absolute Gasteiger partial charge is 0.462 e. The van der Waals surface area contributed by atoms with E-state index in [0.29, 0.717) is 54.1 Å². The van der Waals surface area contributed by atoms with E-state index in [1.54, 1.807) is 29.2 Å². The van der Waals surface area contributed by atoms with Crippen LogP contribution in [-0.2, 0) is 32.4 Å². The molecular formula is C24H19N3O5S. The zero-order chi connectivity index (χ0) is 22.7. The van der Waals surface area contributed by atoms with Gasteiger partial charge in [0.1, 0.15) is 0 Å². The number of esters is 1. The maximum Gasteiger partial charge on any atom is 0.339 e. The zero-order valence-electron chi connectivity index (χ0n) is 17.4. The SMILES string of the molecule is O=C1Nc2ccc(S(=O)(=O)N3CCc4ccccc43)cc2/C1=C/n1cc2c(c1)C(=O)OCC2. The van der Waals surface area contributed by atoms with Crippen LogP contribution in [0.25, 0.3) is 11.8 Å². The molecule has 1 N–H and O–H groups in total. The van der Waals surface area contributed by atoms with Gasteiger partial charge < -0.3 is 14.6 Å². The van der Waals surface area contributed by atoms with Gasteiger partial charge in [0, 0.05) is 42.8 Å². The molecule has 1 amide bonds. The second kappa shape index (κ2) is 7.08. The number of aromatic nitrogens is 1. The van der Waals surface area contributed by atoms with Gasteiger partial charge in [-0.3, -0.25) is 9.10 Å². The molecule has 3 aromatic rings. The number of nitrogens with zero attached hydrogens (tertiary/aromatic N) is 2. The van der Waals surface area contributed by atoms with Crippen LogP contribution in [-0.4, -0.2) is 38.0 Å². The van der Waals surface area contributed by atoms with Gasteiger partial charge in [0.2, 0.25) is 0 Å². The molecule has 33 heavy (non-hydrogen) atoms. The fourth-order valence-electron chi connectivity index (χ4n) is 4.60. The van der Waals surface area contributed by atoms with E-state index in [4.69, 9.17) is 4.74 Å². The Balaban J connectivity index is 1.40. The molecule has 0 spiro atoms. The first-order chi connectivity index (χ1) is 15.9. The van der Waals surface area contributed by atoms with Crippen LogP contribution < -0.4 is 9.62 Å². The number of carbonyl (C=O) groups is 2. The molecule has 9 heteroatoms. The van der Waals surface area contributed by atoms with Gasteiger partial charge in [-0.1, -0.05) is 18.2 Å². The molecule has 0 bridgehead atoms. The van der Waals surface area contributed by atoms with Crippen LogP contribution in [0.2, 0.25) is 0 Å². The second-order valence-corrected chi connectivity index (χ2v) is 10.1. The molecule has 3 aliphatic heterocycles. The van der Waals surface area contributed by atoms with E-state index in [0.717, 1.165) is 11.1 Å². The van der Waals surface area contributed by atoms with Gasteiger partial charge in [-0.15, -0.1) is 0 Å². The summed E-state index contributed by atoms with van der Waals surface area (Å²) in [5.74, 6) is -0.718. The lowest BCUT2D eigenvalue weighted by atomic mass is 10.1. The lowest BCUT2D eigenvalue weighted by Crippen LogP contribution is -2.29. The Morgan fingerprint density at radius 2 is 1.82 bits per heavy atom. The van der Waals surface area contributed by atoms with Crippen LogP contribution in [0.1, 0.15) is 27.0 Å². The fraction of sp³-hybridized carbons (Fsp3) is 0.167. The van der Waals surface area contributed by atoms with Gasteiger partial charge in [0.15, 0.2) is 0 Å². The number of fused-ring (bicyclic) bond motifs is 3. The van der Waals surface area contributed by atoms with Gasteiger partial charge in [-0.05, 0) is 41.8 Å².